The van der Waals surface area contributed by atoms with Gasteiger partial charge in [-0.1, -0.05) is 124 Å². The van der Waals surface area contributed by atoms with Gasteiger partial charge in [0.2, 0.25) is 17.7 Å². The molecule has 3 aliphatic rings. The fraction of sp³-hybridized carbons (Fsp3) is 0.743. The molecule has 3 saturated heterocycles. The number of carboxylic acid groups (broad SMARTS) is 3. The number of aliphatic carboxylic acids is 3. The number of carboxylic acids is 3. The van der Waals surface area contributed by atoms with E-state index in [-0.39, 0.29) is 157 Å². The van der Waals surface area contributed by atoms with E-state index in [1.165, 1.54) is 4.90 Å². The van der Waals surface area contributed by atoms with Crippen molar-refractivity contribution in [3.05, 3.63) is 59.7 Å². The monoisotopic (exact) mass is 1880 g/mol. The van der Waals surface area contributed by atoms with Crippen LogP contribution in [-0.2, 0) is 76.5 Å². The van der Waals surface area contributed by atoms with Crippen LogP contribution in [0.5, 0.6) is 0 Å². The summed E-state index contributed by atoms with van der Waals surface area (Å²) in [6.07, 6.45) is 5.99. The lowest BCUT2D eigenvalue weighted by Gasteiger charge is -2.41. The number of imide groups is 1. The number of carbonyl (C=O) groups is 14. The molecule has 0 aromatic heterocycles. The number of ether oxygens (including phenoxy) is 4. The first-order valence-electron chi connectivity index (χ1n) is 47.6. The molecule has 2 aromatic rings. The highest BCUT2D eigenvalue weighted by Gasteiger charge is 2.54. The molecule has 12 unspecified atom stereocenters. The number of Topliss-reactive ketones (excluding diaryl/α,β-unsaturated/α-hetero) is 1. The number of carbonyl (C=O) groups excluding carboxylic acids is 11. The number of esters is 6. The van der Waals surface area contributed by atoms with Crippen LogP contribution in [0.2, 0.25) is 0 Å². The molecule has 0 saturated carbocycles. The molecule has 32 nitrogen and oxygen atoms in total. The van der Waals surface area contributed by atoms with Crippen LogP contribution in [0.1, 0.15) is 261 Å². The molecule has 0 spiro atoms. The van der Waals surface area contributed by atoms with Gasteiger partial charge in [0, 0.05) is 83.4 Å². The Hall–Kier alpha value is -8.82. The summed E-state index contributed by atoms with van der Waals surface area (Å²) in [7, 11) is 19.3. The molecular weight excluding hydrogens is 1710 g/mol. The zero-order chi connectivity index (χ0) is 102. The maximum absolute atomic E-state index is 14.9. The SMILES string of the molecule is CCC(C)(C)CC1C(=O)OC(=O)C1C.CCO.CCOC(=O)C(C(CCC(C)(C)CC1C(=O)OC(=O)C1C)C(=O)O)C(C)(C)CCC(C(=O)O)C(C(=O)NCCCN(C)C)C(C)(C)CCC1C(=O)N(CCCN(C)C)C(=O)C1CC(C)(C)CCC(C(=O)O)C(C(=O)OCCNC(=O)c1ccc(N(C)C)cc1)C(C)(C)CC.CN(C)CCCN.CN(C)c1ccc(C(=O)CCCO)cc1. The third-order valence-corrected chi connectivity index (χ3v) is 26.4. The van der Waals surface area contributed by atoms with E-state index in [1.54, 1.807) is 67.5 Å². The minimum absolute atomic E-state index is 0.0151. The second kappa shape index (κ2) is 57.9. The lowest BCUT2D eigenvalue weighted by atomic mass is 9.63. The van der Waals surface area contributed by atoms with E-state index >= 15 is 0 Å². The number of rotatable bonds is 54. The number of likely N-dealkylation sites (tertiary alicyclic amines) is 1. The standard InChI is InChI=1S/C71H116N6O17.C12H17NO2.C11H18O3.C5H14N2.C2H6O/c1-20-69(8,9)54(66(91)93-41-37-73-56(78)45-24-26-46(27-25-45)76(18)19)49(61(84)85)28-33-68(6,7)43-52-47(58(80)77(59(52)81)40-23-39-75(16)17)30-34-70(10,11)53(57(79)72-36-22-38-74(14)15)48(60(82)83)31-35-71(12,13)55(65(90)92-21-2)50(62(86)87)29-32-67(4,5)42-51-44(3)63(88)94-64(51)89;1-13(2)11-7-5-10(6-8-11)12(15)4-3-9-14;1-5-11(3,4)6-8-7(2)9(12)14-10(8)13;1-7(2)5-3-4-6;1-2-3/h24-27,44,47-55H,20-23,28-43H2,1-19H3,(H,72,79)(H,73,78)(H,82,83)(H,84,85)(H,86,87);5-8,14H,3-4,9H2,1-2H3;7-8H,5-6H2,1-4H3;3-6H2,1-2H3;3H,2H2,1H3. The number of benzene rings is 2. The van der Waals surface area contributed by atoms with Gasteiger partial charge in [0.1, 0.15) is 6.61 Å². The topological polar surface area (TPSA) is 447 Å². The van der Waals surface area contributed by atoms with Crippen LogP contribution in [0.15, 0.2) is 48.5 Å². The Morgan fingerprint density at radius 1 is 0.466 bits per heavy atom. The largest absolute Gasteiger partial charge is 0.481 e. The molecule has 2 aromatic carbocycles. The van der Waals surface area contributed by atoms with E-state index < -0.39 is 140 Å². The van der Waals surface area contributed by atoms with Crippen molar-refractivity contribution in [3.63, 3.8) is 0 Å². The van der Waals surface area contributed by atoms with Crippen LogP contribution >= 0.6 is 0 Å². The number of nitrogens with zero attached hydrogens (tertiary/aromatic N) is 6. The van der Waals surface area contributed by atoms with E-state index in [2.05, 4.69) is 55.1 Å². The highest BCUT2D eigenvalue weighted by molar-refractivity contribution is 6.05. The number of hydrogen-bond acceptors (Lipinski definition) is 26. The third-order valence-electron chi connectivity index (χ3n) is 26.4. The number of ketones is 1. The minimum atomic E-state index is -1.40. The normalized spacial score (nSPS) is 18.4. The predicted molar refractivity (Wildman–Crippen MR) is 516 cm³/mol. The van der Waals surface area contributed by atoms with Gasteiger partial charge in [-0.2, -0.15) is 0 Å². The third kappa shape index (κ3) is 41.3. The Labute approximate surface area is 794 Å². The first-order chi connectivity index (χ1) is 61.7. The summed E-state index contributed by atoms with van der Waals surface area (Å²) in [5, 5.41) is 55.0. The number of amides is 4. The van der Waals surface area contributed by atoms with Gasteiger partial charge in [0.25, 0.3) is 5.91 Å². The van der Waals surface area contributed by atoms with Crippen molar-refractivity contribution in [2.45, 2.75) is 240 Å². The van der Waals surface area contributed by atoms with E-state index in [0.717, 1.165) is 43.7 Å². The lowest BCUT2D eigenvalue weighted by Crippen LogP contribution is -2.47. The van der Waals surface area contributed by atoms with Gasteiger partial charge in [-0.25, -0.2) is 0 Å². The van der Waals surface area contributed by atoms with Crippen molar-refractivity contribution >= 4 is 94.5 Å². The number of aliphatic hydroxyl groups is 2. The quantitative estimate of drug-likeness (QED) is 0.00761. The molecule has 133 heavy (non-hydrogen) atoms. The van der Waals surface area contributed by atoms with Crippen molar-refractivity contribution in [2.75, 3.05) is 153 Å². The van der Waals surface area contributed by atoms with Crippen molar-refractivity contribution in [2.24, 2.45) is 109 Å². The molecule has 9 N–H and O–H groups in total. The predicted octanol–water partition coefficient (Wildman–Crippen LogP) is 12.7. The molecule has 3 fully saturated rings. The average Bonchev–Trinajstić information content (AvgIpc) is 1.69. The van der Waals surface area contributed by atoms with Crippen LogP contribution in [0.25, 0.3) is 0 Å². The maximum atomic E-state index is 14.9. The number of nitrogens with one attached hydrogen (secondary N) is 2. The second-order valence-corrected chi connectivity index (χ2v) is 41.7. The van der Waals surface area contributed by atoms with E-state index in [1.807, 2.05) is 161 Å². The van der Waals surface area contributed by atoms with Gasteiger partial charge in [-0.3, -0.25) is 72.0 Å². The highest BCUT2D eigenvalue weighted by Crippen LogP contribution is 2.50. The summed E-state index contributed by atoms with van der Waals surface area (Å²) in [6, 6.07) is 14.5. The molecule has 0 radical (unpaired) electrons. The summed E-state index contributed by atoms with van der Waals surface area (Å²) < 4.78 is 20.8. The Morgan fingerprint density at radius 3 is 1.26 bits per heavy atom. The Kier molecular flexibility index (Phi) is 53.2. The fourth-order valence-electron chi connectivity index (χ4n) is 17.3. The zero-order valence-electron chi connectivity index (χ0n) is 85.9. The molecule has 3 heterocycles. The van der Waals surface area contributed by atoms with Gasteiger partial charge in [0.15, 0.2) is 5.78 Å². The molecule has 0 aliphatic carbocycles. The van der Waals surface area contributed by atoms with Gasteiger partial charge < -0.3 is 85.3 Å². The molecule has 12 atom stereocenters. The van der Waals surface area contributed by atoms with Crippen LogP contribution in [0.4, 0.5) is 11.4 Å². The summed E-state index contributed by atoms with van der Waals surface area (Å²) in [5.41, 5.74) is 3.73. The Bertz CT molecular complexity index is 4010. The van der Waals surface area contributed by atoms with Crippen LogP contribution in [-0.4, -0.2) is 271 Å². The van der Waals surface area contributed by atoms with Gasteiger partial charge in [0.05, 0.1) is 84.2 Å². The molecule has 5 rings (SSSR count). The average molecular weight is 1880 g/mol. The number of nitrogens with two attached hydrogens (primary N) is 1. The van der Waals surface area contributed by atoms with E-state index in [9.17, 15) is 82.4 Å². The number of cyclic esters (lactones) is 4. The van der Waals surface area contributed by atoms with Crippen molar-refractivity contribution in [3.8, 4) is 0 Å². The Balaban J connectivity index is 0.00000184. The maximum Gasteiger partial charge on any atom is 0.317 e. The lowest BCUT2D eigenvalue weighted by molar-refractivity contribution is -0.164. The smallest absolute Gasteiger partial charge is 0.317 e. The number of anilines is 2. The minimum Gasteiger partial charge on any atom is -0.481 e. The summed E-state index contributed by atoms with van der Waals surface area (Å²) >= 11 is 0. The summed E-state index contributed by atoms with van der Waals surface area (Å²) in [4.78, 5) is 196. The van der Waals surface area contributed by atoms with Gasteiger partial charge in [-0.15, -0.1) is 0 Å². The van der Waals surface area contributed by atoms with E-state index in [4.69, 9.17) is 30.2 Å². The zero-order valence-corrected chi connectivity index (χ0v) is 85.9. The summed E-state index contributed by atoms with van der Waals surface area (Å²) in [6.45, 7) is 36.4. The van der Waals surface area contributed by atoms with Crippen LogP contribution < -0.4 is 26.2 Å². The molecule has 3 aliphatic heterocycles. The molecule has 0 bridgehead atoms. The van der Waals surface area contributed by atoms with Crippen LogP contribution in [0, 0.1) is 104 Å². The second-order valence-electron chi connectivity index (χ2n) is 41.7. The fourth-order valence-corrected chi connectivity index (χ4v) is 17.3. The van der Waals surface area contributed by atoms with Crippen molar-refractivity contribution < 1.29 is 112 Å². The molecule has 32 heteroatoms. The van der Waals surface area contributed by atoms with Crippen LogP contribution in [0.3, 0.4) is 0 Å². The number of hydrogen-bond donors (Lipinski definition) is 8. The molecular formula is C101H171N9O23. The molecule has 758 valence electrons. The van der Waals surface area contributed by atoms with E-state index in [0.29, 0.717) is 56.3 Å². The van der Waals surface area contributed by atoms with Gasteiger partial charge >= 0.3 is 53.7 Å². The van der Waals surface area contributed by atoms with Gasteiger partial charge in [-0.05, 0) is 260 Å². The van der Waals surface area contributed by atoms with Crippen molar-refractivity contribution in [1.82, 2.24) is 30.2 Å². The highest BCUT2D eigenvalue weighted by atomic mass is 16.6. The molecule has 4 amide bonds. The number of aliphatic hydroxyl groups excluding tert-OH is 2. The Morgan fingerprint density at radius 2 is 0.865 bits per heavy atom. The van der Waals surface area contributed by atoms with Crippen molar-refractivity contribution in [1.29, 1.82) is 0 Å². The summed E-state index contributed by atoms with van der Waals surface area (Å²) in [5.74, 6) is -20.2. The first kappa shape index (κ1) is 122. The first-order valence-corrected chi connectivity index (χ1v) is 47.6.